The first-order valence-corrected chi connectivity index (χ1v) is 1.30. The molecule has 52 valence electrons. The Balaban J connectivity index is -0.0000000720. The molecule has 0 bridgehead atoms. The molecule has 0 rings (SSSR count). The summed E-state index contributed by atoms with van der Waals surface area (Å²) in [6, 6.07) is 0. The Morgan fingerprint density at radius 2 is 0.778 bits per heavy atom. The van der Waals surface area contributed by atoms with Crippen LogP contribution in [0.15, 0.2) is 0 Å². The quantitative estimate of drug-likeness (QED) is 0.405. The summed E-state index contributed by atoms with van der Waals surface area (Å²) in [5.74, 6) is 0. The molecule has 0 amide bonds. The minimum absolute atomic E-state index is 0. The maximum absolute atomic E-state index is 8.56. The van der Waals surface area contributed by atoms with Crippen LogP contribution in [0.25, 0.3) is 0 Å². The van der Waals surface area contributed by atoms with Gasteiger partial charge in [0.05, 0.1) is 0 Å². The summed E-state index contributed by atoms with van der Waals surface area (Å²) < 4.78 is 0. The van der Waals surface area contributed by atoms with Crippen LogP contribution in [0.2, 0.25) is 0 Å². The van der Waals surface area contributed by atoms with Gasteiger partial charge in [0.1, 0.15) is 0 Å². The zero-order valence-corrected chi connectivity index (χ0v) is 3.61. The van der Waals surface area contributed by atoms with Crippen LogP contribution in [0.3, 0.4) is 0 Å². The molecule has 9 heavy (non-hydrogen) atoms. The molecule has 0 aliphatic rings. The molecule has 0 saturated heterocycles. The topological polar surface area (TPSA) is 115 Å². The molecular weight excluding hydrogens is 208 g/mol. The summed E-state index contributed by atoms with van der Waals surface area (Å²) in [5.41, 5.74) is 0. The molecule has 0 spiro atoms. The fourth-order valence-electron chi connectivity index (χ4n) is 0. The monoisotopic (exact) mass is 214 g/mol. The normalized spacial score (nSPS) is 5.33. The van der Waals surface area contributed by atoms with E-state index >= 15 is 0 Å². The van der Waals surface area contributed by atoms with Gasteiger partial charge < -0.3 is 20.4 Å². The molecule has 0 saturated carbocycles. The Kier molecular flexibility index (Phi) is 19.4. The van der Waals surface area contributed by atoms with Gasteiger partial charge in [-0.05, 0) is 0 Å². The van der Waals surface area contributed by atoms with Crippen LogP contribution in [0, 0.1) is 0 Å². The van der Waals surface area contributed by atoms with Crippen molar-refractivity contribution < 1.29 is 30.0 Å². The molecule has 0 atom stereocenters. The first-order chi connectivity index (χ1) is 3.46. The summed E-state index contributed by atoms with van der Waals surface area (Å²) in [5, 5.41) is 27.9. The van der Waals surface area contributed by atoms with Crippen LogP contribution in [-0.4, -0.2) is 78.2 Å². The zero-order chi connectivity index (χ0) is 7.15. The van der Waals surface area contributed by atoms with Gasteiger partial charge in [-0.3, -0.25) is 0 Å². The van der Waals surface area contributed by atoms with Crippen molar-refractivity contribution in [2.45, 2.75) is 0 Å². The predicted molar refractivity (Wildman–Crippen MR) is 29.9 cm³/mol. The van der Waals surface area contributed by atoms with Crippen molar-refractivity contribution in [1.82, 2.24) is 0 Å². The van der Waals surface area contributed by atoms with Gasteiger partial charge in [-0.1, -0.05) is 0 Å². The van der Waals surface area contributed by atoms with E-state index in [9.17, 15) is 0 Å². The standard InChI is InChI=1S/2CH2O3.Sr.2H/c2*2-1(3)4;;;/h2*(H2,2,3,4);;;. The van der Waals surface area contributed by atoms with Gasteiger partial charge in [-0.15, -0.1) is 0 Å². The van der Waals surface area contributed by atoms with Crippen LogP contribution in [0.5, 0.6) is 0 Å². The zero-order valence-electron chi connectivity index (χ0n) is 3.61. The average Bonchev–Trinajstić information content (AvgIpc) is 1.25. The van der Waals surface area contributed by atoms with Crippen LogP contribution < -0.4 is 0 Å². The van der Waals surface area contributed by atoms with E-state index < -0.39 is 12.3 Å². The van der Waals surface area contributed by atoms with E-state index in [1.54, 1.807) is 0 Å². The molecule has 0 fully saturated rings. The summed E-state index contributed by atoms with van der Waals surface area (Å²) in [4.78, 5) is 17.1. The van der Waals surface area contributed by atoms with Crippen LogP contribution >= 0.6 is 0 Å². The molecule has 0 aromatic heterocycles. The molecule has 0 radical (unpaired) electrons. The van der Waals surface area contributed by atoms with Gasteiger partial charge >= 0.3 is 57.8 Å². The minimum atomic E-state index is -1.83. The summed E-state index contributed by atoms with van der Waals surface area (Å²) >= 11 is 0. The number of hydrogen-bond donors (Lipinski definition) is 4. The third-order valence-corrected chi connectivity index (χ3v) is 0. The molecule has 4 N–H and O–H groups in total. The molecule has 7 heteroatoms. The Morgan fingerprint density at radius 1 is 0.778 bits per heavy atom. The van der Waals surface area contributed by atoms with Gasteiger partial charge in [0.25, 0.3) is 0 Å². The number of rotatable bonds is 0. The van der Waals surface area contributed by atoms with Gasteiger partial charge in [0, 0.05) is 0 Å². The van der Waals surface area contributed by atoms with Gasteiger partial charge in [0.2, 0.25) is 0 Å². The van der Waals surface area contributed by atoms with Crippen molar-refractivity contribution in [3.8, 4) is 0 Å². The fourth-order valence-corrected chi connectivity index (χ4v) is 0. The third kappa shape index (κ3) is 690000. The Hall–Kier alpha value is 0.0205. The van der Waals surface area contributed by atoms with Crippen molar-refractivity contribution >= 4 is 57.8 Å². The Morgan fingerprint density at radius 3 is 0.778 bits per heavy atom. The third-order valence-electron chi connectivity index (χ3n) is 0. The van der Waals surface area contributed by atoms with Crippen molar-refractivity contribution in [1.29, 1.82) is 0 Å². The molecule has 0 unspecified atom stereocenters. The summed E-state index contributed by atoms with van der Waals surface area (Å²) in [6.07, 6.45) is -3.67. The predicted octanol–water partition coefficient (Wildman–Crippen LogP) is -0.471. The van der Waals surface area contributed by atoms with Crippen molar-refractivity contribution in [3.63, 3.8) is 0 Å². The Labute approximate surface area is 87.0 Å². The van der Waals surface area contributed by atoms with Crippen LogP contribution in [0.4, 0.5) is 9.59 Å². The Bertz CT molecular complexity index is 69.1. The second-order valence-electron chi connectivity index (χ2n) is 0.565. The molecule has 6 nitrogen and oxygen atoms in total. The van der Waals surface area contributed by atoms with E-state index in [1.807, 2.05) is 0 Å². The van der Waals surface area contributed by atoms with Gasteiger partial charge in [-0.2, -0.15) is 0 Å². The number of hydrogen-bond acceptors (Lipinski definition) is 2. The number of carbonyl (C=O) groups is 2. The first kappa shape index (κ1) is 16.0. The first-order valence-electron chi connectivity index (χ1n) is 1.30. The molecule has 0 aliphatic carbocycles. The SMILES string of the molecule is O=C(O)O.O=C(O)O.[SrH2]. The van der Waals surface area contributed by atoms with Crippen molar-refractivity contribution in [2.24, 2.45) is 0 Å². The summed E-state index contributed by atoms with van der Waals surface area (Å²) in [7, 11) is 0. The van der Waals surface area contributed by atoms with Crippen molar-refractivity contribution in [2.75, 3.05) is 0 Å². The van der Waals surface area contributed by atoms with Crippen LogP contribution in [-0.2, 0) is 0 Å². The average molecular weight is 214 g/mol. The van der Waals surface area contributed by atoms with E-state index in [1.165, 1.54) is 0 Å². The molecule has 0 aromatic carbocycles. The van der Waals surface area contributed by atoms with E-state index in [0.29, 0.717) is 0 Å². The second kappa shape index (κ2) is 10.9. The molecule has 0 aromatic rings. The van der Waals surface area contributed by atoms with E-state index in [0.717, 1.165) is 0 Å². The number of carboxylic acid groups (broad SMARTS) is 4. The van der Waals surface area contributed by atoms with Gasteiger partial charge in [-0.25, -0.2) is 9.59 Å². The van der Waals surface area contributed by atoms with Crippen LogP contribution in [0.1, 0.15) is 0 Å². The van der Waals surface area contributed by atoms with Crippen molar-refractivity contribution in [3.05, 3.63) is 0 Å². The van der Waals surface area contributed by atoms with Gasteiger partial charge in [0.15, 0.2) is 0 Å². The molecular formula is C2H6O6Sr. The maximum atomic E-state index is 8.56. The molecule has 0 heterocycles. The molecule has 0 aliphatic heterocycles. The van der Waals surface area contributed by atoms with E-state index in [-0.39, 0.29) is 45.5 Å². The van der Waals surface area contributed by atoms with E-state index in [2.05, 4.69) is 0 Å². The summed E-state index contributed by atoms with van der Waals surface area (Å²) in [6.45, 7) is 0. The fraction of sp³-hybridized carbons (Fsp3) is 0. The second-order valence-corrected chi connectivity index (χ2v) is 0.565. The van der Waals surface area contributed by atoms with E-state index in [4.69, 9.17) is 30.0 Å².